The Morgan fingerprint density at radius 3 is 2.18 bits per heavy atom. The van der Waals surface area contributed by atoms with E-state index in [1.807, 2.05) is 11.3 Å². The highest BCUT2D eigenvalue weighted by molar-refractivity contribution is 7.26. The first-order valence-electron chi connectivity index (χ1n) is 13.2. The fourth-order valence-corrected chi connectivity index (χ4v) is 7.09. The van der Waals surface area contributed by atoms with Crippen molar-refractivity contribution in [3.8, 4) is 28.2 Å². The zero-order valence-electron chi connectivity index (χ0n) is 21.4. The van der Waals surface area contributed by atoms with Gasteiger partial charge in [-0.3, -0.25) is 4.57 Å². The molecule has 0 unspecified atom stereocenters. The van der Waals surface area contributed by atoms with Gasteiger partial charge in [0.15, 0.2) is 0 Å². The van der Waals surface area contributed by atoms with Crippen LogP contribution in [0, 0.1) is 6.92 Å². The standard InChI is InChI=1S/C36H24N2S/c1-23-10-9-13-25(20-23)31-21-26(24-11-3-2-4-12-24)22-34(37-31)38-32-16-7-5-14-27(32)29-18-19-30-28-15-6-8-17-33(28)39-36(30)35(29)38/h2-22H,1H3. The van der Waals surface area contributed by atoms with Crippen molar-refractivity contribution in [3.05, 3.63) is 133 Å². The number of aryl methyl sites for hydroxylation is 1. The molecule has 0 spiro atoms. The van der Waals surface area contributed by atoms with Crippen LogP contribution in [0.15, 0.2) is 127 Å². The molecule has 0 aliphatic heterocycles. The molecule has 0 aliphatic rings. The van der Waals surface area contributed by atoms with Crippen LogP contribution in [0.4, 0.5) is 0 Å². The average Bonchev–Trinajstić information content (AvgIpc) is 3.53. The van der Waals surface area contributed by atoms with Crippen molar-refractivity contribution >= 4 is 53.3 Å². The molecule has 8 aromatic rings. The van der Waals surface area contributed by atoms with Gasteiger partial charge in [0.1, 0.15) is 5.82 Å². The van der Waals surface area contributed by atoms with Crippen LogP contribution in [0.25, 0.3) is 70.2 Å². The minimum Gasteiger partial charge on any atom is -0.292 e. The van der Waals surface area contributed by atoms with Gasteiger partial charge in [-0.25, -0.2) is 4.98 Å². The van der Waals surface area contributed by atoms with Gasteiger partial charge in [0.25, 0.3) is 0 Å². The maximum absolute atomic E-state index is 5.34. The quantitative estimate of drug-likeness (QED) is 0.228. The Hall–Kier alpha value is -4.73. The molecule has 0 fully saturated rings. The van der Waals surface area contributed by atoms with Gasteiger partial charge in [-0.1, -0.05) is 103 Å². The summed E-state index contributed by atoms with van der Waals surface area (Å²) in [6.07, 6.45) is 0. The van der Waals surface area contributed by atoms with Crippen molar-refractivity contribution in [2.75, 3.05) is 0 Å². The molecule has 0 radical (unpaired) electrons. The van der Waals surface area contributed by atoms with Gasteiger partial charge < -0.3 is 0 Å². The second-order valence-corrected chi connectivity index (χ2v) is 11.2. The molecule has 0 aliphatic carbocycles. The number of aromatic nitrogens is 2. The Morgan fingerprint density at radius 1 is 0.564 bits per heavy atom. The molecule has 0 saturated carbocycles. The summed E-state index contributed by atoms with van der Waals surface area (Å²) in [6.45, 7) is 2.14. The summed E-state index contributed by atoms with van der Waals surface area (Å²) in [5.74, 6) is 0.934. The number of pyridine rings is 1. The summed E-state index contributed by atoms with van der Waals surface area (Å²) in [5.41, 5.74) is 8.07. The van der Waals surface area contributed by atoms with Crippen LogP contribution in [0.5, 0.6) is 0 Å². The zero-order chi connectivity index (χ0) is 25.9. The van der Waals surface area contributed by atoms with E-state index in [1.54, 1.807) is 0 Å². The number of benzene rings is 5. The van der Waals surface area contributed by atoms with E-state index in [0.29, 0.717) is 0 Å². The third-order valence-corrected chi connectivity index (χ3v) is 8.83. The maximum Gasteiger partial charge on any atom is 0.138 e. The van der Waals surface area contributed by atoms with Crippen LogP contribution in [0.3, 0.4) is 0 Å². The molecular weight excluding hydrogens is 492 g/mol. The zero-order valence-corrected chi connectivity index (χ0v) is 22.2. The van der Waals surface area contributed by atoms with Crippen molar-refractivity contribution in [1.29, 1.82) is 0 Å². The lowest BCUT2D eigenvalue weighted by Gasteiger charge is -2.13. The summed E-state index contributed by atoms with van der Waals surface area (Å²) in [5, 5.41) is 5.11. The first kappa shape index (κ1) is 22.3. The number of hydrogen-bond acceptors (Lipinski definition) is 2. The van der Waals surface area contributed by atoms with Gasteiger partial charge >= 0.3 is 0 Å². The summed E-state index contributed by atoms with van der Waals surface area (Å²) in [6, 6.07) is 45.7. The van der Waals surface area contributed by atoms with Gasteiger partial charge in [-0.15, -0.1) is 11.3 Å². The predicted molar refractivity (Wildman–Crippen MR) is 167 cm³/mol. The van der Waals surface area contributed by atoms with Gasteiger partial charge in [-0.2, -0.15) is 0 Å². The molecule has 184 valence electrons. The Balaban J connectivity index is 1.52. The molecule has 0 bridgehead atoms. The first-order valence-corrected chi connectivity index (χ1v) is 14.0. The van der Waals surface area contributed by atoms with Crippen LogP contribution in [-0.2, 0) is 0 Å². The monoisotopic (exact) mass is 516 g/mol. The minimum atomic E-state index is 0.934. The van der Waals surface area contributed by atoms with Gasteiger partial charge in [0, 0.05) is 31.8 Å². The van der Waals surface area contributed by atoms with Gasteiger partial charge in [0.2, 0.25) is 0 Å². The third-order valence-electron chi connectivity index (χ3n) is 7.64. The largest absolute Gasteiger partial charge is 0.292 e. The molecule has 2 nitrogen and oxygen atoms in total. The van der Waals surface area contributed by atoms with Gasteiger partial charge in [0.05, 0.1) is 21.4 Å². The Morgan fingerprint density at radius 2 is 1.31 bits per heavy atom. The minimum absolute atomic E-state index is 0.934. The van der Waals surface area contributed by atoms with Crippen molar-refractivity contribution < 1.29 is 0 Å². The van der Waals surface area contributed by atoms with Gasteiger partial charge in [-0.05, 0) is 48.4 Å². The molecule has 5 aromatic carbocycles. The Labute approximate surface area is 230 Å². The van der Waals surface area contributed by atoms with E-state index in [0.717, 1.165) is 22.6 Å². The lowest BCUT2D eigenvalue weighted by molar-refractivity contribution is 1.09. The van der Waals surface area contributed by atoms with Crippen LogP contribution < -0.4 is 0 Å². The van der Waals surface area contributed by atoms with Crippen molar-refractivity contribution in [1.82, 2.24) is 9.55 Å². The van der Waals surface area contributed by atoms with E-state index in [1.165, 1.54) is 53.1 Å². The fraction of sp³-hybridized carbons (Fsp3) is 0.0278. The summed E-state index contributed by atoms with van der Waals surface area (Å²) in [7, 11) is 0. The Bertz CT molecular complexity index is 2180. The number of nitrogens with zero attached hydrogens (tertiary/aromatic N) is 2. The van der Waals surface area contributed by atoms with Crippen LogP contribution in [-0.4, -0.2) is 9.55 Å². The number of thiophene rings is 1. The number of rotatable bonds is 3. The number of para-hydroxylation sites is 1. The molecule has 39 heavy (non-hydrogen) atoms. The number of fused-ring (bicyclic) bond motifs is 7. The Kier molecular flexibility index (Phi) is 4.94. The highest BCUT2D eigenvalue weighted by atomic mass is 32.1. The summed E-state index contributed by atoms with van der Waals surface area (Å²) in [4.78, 5) is 5.34. The predicted octanol–water partition coefficient (Wildman–Crippen LogP) is 10.2. The molecule has 8 rings (SSSR count). The maximum atomic E-state index is 5.34. The fourth-order valence-electron chi connectivity index (χ4n) is 5.85. The molecule has 3 aromatic heterocycles. The van der Waals surface area contributed by atoms with E-state index >= 15 is 0 Å². The molecule has 3 heterocycles. The highest BCUT2D eigenvalue weighted by Crippen LogP contribution is 2.43. The smallest absolute Gasteiger partial charge is 0.138 e. The van der Waals surface area contributed by atoms with Crippen molar-refractivity contribution in [2.45, 2.75) is 6.92 Å². The van der Waals surface area contributed by atoms with Crippen molar-refractivity contribution in [3.63, 3.8) is 0 Å². The van der Waals surface area contributed by atoms with E-state index in [-0.39, 0.29) is 0 Å². The molecule has 0 amide bonds. The SMILES string of the molecule is Cc1cccc(-c2cc(-c3ccccc3)cc(-n3c4ccccc4c4ccc5c6ccccc6sc5c43)n2)c1. The molecule has 0 atom stereocenters. The third kappa shape index (κ3) is 3.51. The molecule has 0 saturated heterocycles. The van der Waals surface area contributed by atoms with Crippen LogP contribution in [0.1, 0.15) is 5.56 Å². The van der Waals surface area contributed by atoms with E-state index < -0.39 is 0 Å². The lowest BCUT2D eigenvalue weighted by Crippen LogP contribution is -2.00. The van der Waals surface area contributed by atoms with Crippen LogP contribution in [0.2, 0.25) is 0 Å². The average molecular weight is 517 g/mol. The van der Waals surface area contributed by atoms with E-state index in [4.69, 9.17) is 4.98 Å². The second-order valence-electron chi connectivity index (χ2n) is 10.1. The summed E-state index contributed by atoms with van der Waals surface area (Å²) < 4.78 is 4.99. The molecule has 0 N–H and O–H groups in total. The second kappa shape index (κ2) is 8.65. The van der Waals surface area contributed by atoms with E-state index in [9.17, 15) is 0 Å². The van der Waals surface area contributed by atoms with Crippen LogP contribution >= 0.6 is 11.3 Å². The van der Waals surface area contributed by atoms with Crippen molar-refractivity contribution in [2.24, 2.45) is 0 Å². The van der Waals surface area contributed by atoms with E-state index in [2.05, 4.69) is 139 Å². The first-order chi connectivity index (χ1) is 19.2. The molecular formula is C36H24N2S. The topological polar surface area (TPSA) is 17.8 Å². The highest BCUT2D eigenvalue weighted by Gasteiger charge is 2.19. The summed E-state index contributed by atoms with van der Waals surface area (Å²) >= 11 is 1.87. The normalized spacial score (nSPS) is 11.7. The molecule has 3 heteroatoms. The number of hydrogen-bond donors (Lipinski definition) is 0. The lowest BCUT2D eigenvalue weighted by atomic mass is 10.0.